The van der Waals surface area contributed by atoms with Crippen molar-refractivity contribution in [1.82, 2.24) is 4.90 Å². The topological polar surface area (TPSA) is 76.1 Å². The highest BCUT2D eigenvalue weighted by atomic mass is 16.5. The van der Waals surface area contributed by atoms with Crippen LogP contribution < -0.4 is 0 Å². The second-order valence-electron chi connectivity index (χ2n) is 15.2. The first-order valence-corrected chi connectivity index (χ1v) is 22.2. The highest BCUT2D eigenvalue weighted by Crippen LogP contribution is 2.21. The summed E-state index contributed by atoms with van der Waals surface area (Å²) < 4.78 is 11.4. The van der Waals surface area contributed by atoms with Crippen molar-refractivity contribution in [3.05, 3.63) is 0 Å². The molecule has 0 saturated heterocycles. The molecule has 0 radical (unpaired) electrons. The molecule has 0 saturated carbocycles. The van der Waals surface area contributed by atoms with Crippen LogP contribution in [-0.2, 0) is 19.1 Å². The lowest BCUT2D eigenvalue weighted by Gasteiger charge is -2.21. The van der Waals surface area contributed by atoms with Gasteiger partial charge in [0.05, 0.1) is 31.7 Å². The molecule has 0 aliphatic rings. The predicted octanol–water partition coefficient (Wildman–Crippen LogP) is 12.4. The van der Waals surface area contributed by atoms with Crippen LogP contribution in [0.5, 0.6) is 0 Å². The van der Waals surface area contributed by atoms with Crippen LogP contribution in [0, 0.1) is 11.8 Å². The Morgan fingerprint density at radius 1 is 0.420 bits per heavy atom. The lowest BCUT2D eigenvalue weighted by Crippen LogP contribution is -2.29. The maximum atomic E-state index is 12.6. The van der Waals surface area contributed by atoms with E-state index in [2.05, 4.69) is 32.6 Å². The molecule has 6 heteroatoms. The SMILES string of the molecule is CCCCCCC(CCCC)C(=O)OCCCCCCCCCN(CCO)CCCCCCCCCOC(=O)C(CCCC)CCCCCC. The third-order valence-electron chi connectivity index (χ3n) is 10.4. The van der Waals surface area contributed by atoms with Crippen LogP contribution >= 0.6 is 0 Å². The van der Waals surface area contributed by atoms with E-state index < -0.39 is 0 Å². The van der Waals surface area contributed by atoms with Crippen molar-refractivity contribution in [1.29, 1.82) is 0 Å². The maximum absolute atomic E-state index is 12.6. The summed E-state index contributed by atoms with van der Waals surface area (Å²) in [7, 11) is 0. The lowest BCUT2D eigenvalue weighted by molar-refractivity contribution is -0.150. The van der Waals surface area contributed by atoms with Crippen molar-refractivity contribution in [3.8, 4) is 0 Å². The molecule has 298 valence electrons. The summed E-state index contributed by atoms with van der Waals surface area (Å²) in [5.41, 5.74) is 0. The molecular weight excluding hydrogens is 622 g/mol. The van der Waals surface area contributed by atoms with E-state index in [1.165, 1.54) is 103 Å². The molecule has 0 aliphatic heterocycles. The number of unbranched alkanes of at least 4 members (excludes halogenated alkanes) is 20. The average Bonchev–Trinajstić information content (AvgIpc) is 3.12. The molecular formula is C44H87NO5. The van der Waals surface area contributed by atoms with Gasteiger partial charge in [-0.05, 0) is 64.5 Å². The third-order valence-corrected chi connectivity index (χ3v) is 10.4. The number of ether oxygens (including phenoxy) is 2. The summed E-state index contributed by atoms with van der Waals surface area (Å²) in [4.78, 5) is 27.7. The van der Waals surface area contributed by atoms with Crippen LogP contribution in [0.3, 0.4) is 0 Å². The molecule has 0 heterocycles. The Morgan fingerprint density at radius 3 is 1.10 bits per heavy atom. The van der Waals surface area contributed by atoms with Gasteiger partial charge in [-0.2, -0.15) is 0 Å². The molecule has 0 fully saturated rings. The Kier molecular flexibility index (Phi) is 38.2. The molecule has 0 spiro atoms. The van der Waals surface area contributed by atoms with E-state index in [1.54, 1.807) is 0 Å². The molecule has 0 aromatic heterocycles. The maximum Gasteiger partial charge on any atom is 0.308 e. The van der Waals surface area contributed by atoms with Gasteiger partial charge in [-0.25, -0.2) is 0 Å². The molecule has 1 N–H and O–H groups in total. The first kappa shape index (κ1) is 48.9. The average molecular weight is 710 g/mol. The van der Waals surface area contributed by atoms with E-state index in [0.29, 0.717) is 13.2 Å². The minimum atomic E-state index is 0.0489. The van der Waals surface area contributed by atoms with Crippen molar-refractivity contribution < 1.29 is 24.2 Å². The standard InChI is InChI=1S/C44H87NO5/c1-5-9-13-25-33-41(31-11-7-3)43(47)49-39-29-23-19-15-17-21-27-35-45(37-38-46)36-28-22-18-16-20-24-30-40-50-44(48)42(32-12-8-4)34-26-14-10-6-2/h41-42,46H,5-40H2,1-4H3. The van der Waals surface area contributed by atoms with Gasteiger partial charge in [-0.15, -0.1) is 0 Å². The monoisotopic (exact) mass is 710 g/mol. The van der Waals surface area contributed by atoms with Crippen molar-refractivity contribution in [2.75, 3.05) is 39.5 Å². The summed E-state index contributed by atoms with van der Waals surface area (Å²) in [5, 5.41) is 9.54. The molecule has 0 aliphatic carbocycles. The molecule has 0 aromatic rings. The normalized spacial score (nSPS) is 12.8. The van der Waals surface area contributed by atoms with Gasteiger partial charge in [0.15, 0.2) is 0 Å². The summed E-state index contributed by atoms with van der Waals surface area (Å²) >= 11 is 0. The summed E-state index contributed by atoms with van der Waals surface area (Å²) in [6, 6.07) is 0. The Labute approximate surface area is 312 Å². The van der Waals surface area contributed by atoms with Crippen molar-refractivity contribution in [2.24, 2.45) is 11.8 Å². The molecule has 2 unspecified atom stereocenters. The number of aliphatic hydroxyl groups is 1. The van der Waals surface area contributed by atoms with Gasteiger partial charge in [0.25, 0.3) is 0 Å². The highest BCUT2D eigenvalue weighted by molar-refractivity contribution is 5.72. The van der Waals surface area contributed by atoms with E-state index >= 15 is 0 Å². The fraction of sp³-hybridized carbons (Fsp3) is 0.955. The van der Waals surface area contributed by atoms with E-state index in [0.717, 1.165) is 110 Å². The van der Waals surface area contributed by atoms with Crippen molar-refractivity contribution in [3.63, 3.8) is 0 Å². The number of esters is 2. The van der Waals surface area contributed by atoms with Gasteiger partial charge in [0.1, 0.15) is 0 Å². The first-order chi connectivity index (χ1) is 24.5. The zero-order valence-corrected chi connectivity index (χ0v) is 34.1. The smallest absolute Gasteiger partial charge is 0.308 e. The Balaban J connectivity index is 3.83. The van der Waals surface area contributed by atoms with E-state index in [9.17, 15) is 14.7 Å². The molecule has 50 heavy (non-hydrogen) atoms. The molecule has 0 bridgehead atoms. The Morgan fingerprint density at radius 2 is 0.740 bits per heavy atom. The largest absolute Gasteiger partial charge is 0.465 e. The quantitative estimate of drug-likeness (QED) is 0.0504. The first-order valence-electron chi connectivity index (χ1n) is 22.2. The van der Waals surface area contributed by atoms with E-state index in [-0.39, 0.29) is 30.4 Å². The van der Waals surface area contributed by atoms with Gasteiger partial charge >= 0.3 is 11.9 Å². The second kappa shape index (κ2) is 39.1. The lowest BCUT2D eigenvalue weighted by atomic mass is 9.95. The number of nitrogens with zero attached hydrogens (tertiary/aromatic N) is 1. The fourth-order valence-corrected chi connectivity index (χ4v) is 7.00. The third kappa shape index (κ3) is 31.6. The summed E-state index contributed by atoms with van der Waals surface area (Å²) in [6.45, 7) is 13.2. The molecule has 2 atom stereocenters. The number of hydrogen-bond acceptors (Lipinski definition) is 6. The molecule has 0 amide bonds. The minimum absolute atomic E-state index is 0.0489. The molecule has 0 aromatic carbocycles. The number of carbonyl (C=O) groups is 2. The highest BCUT2D eigenvalue weighted by Gasteiger charge is 2.20. The van der Waals surface area contributed by atoms with Crippen molar-refractivity contribution >= 4 is 11.9 Å². The number of hydrogen-bond donors (Lipinski definition) is 1. The van der Waals surface area contributed by atoms with Crippen LogP contribution in [0.4, 0.5) is 0 Å². The summed E-state index contributed by atoms with van der Waals surface area (Å²) in [5.74, 6) is 0.312. The zero-order chi connectivity index (χ0) is 36.8. The number of aliphatic hydroxyl groups excluding tert-OH is 1. The predicted molar refractivity (Wildman–Crippen MR) is 214 cm³/mol. The minimum Gasteiger partial charge on any atom is -0.465 e. The van der Waals surface area contributed by atoms with Gasteiger partial charge < -0.3 is 19.5 Å². The Hall–Kier alpha value is -1.14. The molecule has 0 rings (SSSR count). The second-order valence-corrected chi connectivity index (χ2v) is 15.2. The summed E-state index contributed by atoms with van der Waals surface area (Å²) in [6.07, 6.45) is 34.9. The van der Waals surface area contributed by atoms with Gasteiger partial charge in [0.2, 0.25) is 0 Å². The van der Waals surface area contributed by atoms with Gasteiger partial charge in [0, 0.05) is 6.54 Å². The molecule has 6 nitrogen and oxygen atoms in total. The van der Waals surface area contributed by atoms with Crippen LogP contribution in [0.25, 0.3) is 0 Å². The Bertz CT molecular complexity index is 661. The van der Waals surface area contributed by atoms with Gasteiger partial charge in [-0.3, -0.25) is 9.59 Å². The van der Waals surface area contributed by atoms with E-state index in [1.807, 2.05) is 0 Å². The van der Waals surface area contributed by atoms with Crippen molar-refractivity contribution in [2.45, 2.75) is 220 Å². The number of carbonyl (C=O) groups excluding carboxylic acids is 2. The van der Waals surface area contributed by atoms with Crippen LogP contribution in [0.2, 0.25) is 0 Å². The number of rotatable bonds is 40. The van der Waals surface area contributed by atoms with Gasteiger partial charge in [-0.1, -0.05) is 169 Å². The zero-order valence-electron chi connectivity index (χ0n) is 34.1. The fourth-order valence-electron chi connectivity index (χ4n) is 7.00. The van der Waals surface area contributed by atoms with Crippen LogP contribution in [-0.4, -0.2) is 61.4 Å². The van der Waals surface area contributed by atoms with Crippen LogP contribution in [0.1, 0.15) is 220 Å². The van der Waals surface area contributed by atoms with Crippen LogP contribution in [0.15, 0.2) is 0 Å². The van der Waals surface area contributed by atoms with E-state index in [4.69, 9.17) is 9.47 Å².